The molecule has 0 unspecified atom stereocenters. The Hall–Kier alpha value is -7.30. The Balaban J connectivity index is 0.000000169. The average Bonchev–Trinajstić information content (AvgIpc) is 3.88. The van der Waals surface area contributed by atoms with Crippen LogP contribution >= 0.6 is 0 Å². The predicted molar refractivity (Wildman–Crippen MR) is 276 cm³/mol. The van der Waals surface area contributed by atoms with Crippen molar-refractivity contribution in [3.8, 4) is 11.1 Å². The molecule has 7 aromatic carbocycles. The lowest BCUT2D eigenvalue weighted by Gasteiger charge is -2.20. The Kier molecular flexibility index (Phi) is 17.8. The monoisotopic (exact) mass is 814 g/mol. The first-order chi connectivity index (χ1) is 30.5. The van der Waals surface area contributed by atoms with E-state index in [0.29, 0.717) is 0 Å². The largest absolute Gasteiger partial charge is 0.355 e. The fourth-order valence-electron chi connectivity index (χ4n) is 7.13. The van der Waals surface area contributed by atoms with Crippen molar-refractivity contribution in [2.45, 2.75) is 48.1 Å². The summed E-state index contributed by atoms with van der Waals surface area (Å²) in [4.78, 5) is 5.56. The Morgan fingerprint density at radius 3 is 1.56 bits per heavy atom. The summed E-state index contributed by atoms with van der Waals surface area (Å²) in [6.07, 6.45) is 12.1. The van der Waals surface area contributed by atoms with Gasteiger partial charge in [-0.1, -0.05) is 172 Å². The van der Waals surface area contributed by atoms with Gasteiger partial charge in [-0.15, -0.1) is 6.58 Å². The number of aromatic nitrogens is 2. The molecule has 2 heterocycles. The van der Waals surface area contributed by atoms with Gasteiger partial charge in [0, 0.05) is 85.5 Å². The van der Waals surface area contributed by atoms with E-state index < -0.39 is 0 Å². The molecule has 2 aromatic heterocycles. The zero-order chi connectivity index (χ0) is 44.1. The van der Waals surface area contributed by atoms with Crippen LogP contribution in [0.5, 0.6) is 0 Å². The number of nitrogens with zero attached hydrogens (tertiary/aromatic N) is 2. The van der Waals surface area contributed by atoms with Crippen molar-refractivity contribution in [2.24, 2.45) is 0 Å². The van der Waals surface area contributed by atoms with E-state index in [9.17, 15) is 0 Å². The number of hydrogen-bond acceptors (Lipinski definition) is 2. The maximum absolute atomic E-state index is 3.83. The Morgan fingerprint density at radius 2 is 1.05 bits per heavy atom. The van der Waals surface area contributed by atoms with Crippen LogP contribution in [-0.4, -0.2) is 16.6 Å². The van der Waals surface area contributed by atoms with Crippen LogP contribution in [0.2, 0.25) is 0 Å². The van der Waals surface area contributed by atoms with Crippen molar-refractivity contribution in [2.75, 3.05) is 17.3 Å². The topological polar surface area (TPSA) is 36.0 Å². The predicted octanol–water partition coefficient (Wildman–Crippen LogP) is 16.9. The van der Waals surface area contributed by atoms with Gasteiger partial charge in [0.25, 0.3) is 0 Å². The summed E-state index contributed by atoms with van der Waals surface area (Å²) in [7, 11) is 2.09. The van der Waals surface area contributed by atoms with Crippen molar-refractivity contribution >= 4 is 60.7 Å². The van der Waals surface area contributed by atoms with E-state index in [2.05, 4.69) is 223 Å². The number of H-pyrrole nitrogens is 1. The fourth-order valence-corrected chi connectivity index (χ4v) is 7.13. The van der Waals surface area contributed by atoms with Gasteiger partial charge in [-0.25, -0.2) is 0 Å². The second-order valence-electron chi connectivity index (χ2n) is 14.3. The normalized spacial score (nSPS) is 10.9. The third-order valence-corrected chi connectivity index (χ3v) is 10.4. The lowest BCUT2D eigenvalue weighted by Crippen LogP contribution is -2.13. The summed E-state index contributed by atoms with van der Waals surface area (Å²) >= 11 is 0. The van der Waals surface area contributed by atoms with Crippen molar-refractivity contribution in [1.29, 1.82) is 0 Å². The first-order valence-electron chi connectivity index (χ1n) is 21.6. The molecule has 9 rings (SSSR count). The number of fused-ring (bicyclic) bond motifs is 6. The number of para-hydroxylation sites is 5. The van der Waals surface area contributed by atoms with Gasteiger partial charge in [-0.3, -0.25) is 0 Å². The number of hydrogen-bond donors (Lipinski definition) is 2. The first kappa shape index (κ1) is 45.8. The lowest BCUT2D eigenvalue weighted by atomic mass is 10.0. The number of nitrogens with one attached hydrogen (secondary N) is 2. The van der Waals surface area contributed by atoms with Gasteiger partial charge in [0.1, 0.15) is 0 Å². The molecular formula is C58H62N4. The molecule has 2 N–H and O–H groups in total. The van der Waals surface area contributed by atoms with Gasteiger partial charge in [0.15, 0.2) is 0 Å². The summed E-state index contributed by atoms with van der Waals surface area (Å²) < 4.78 is 2.30. The lowest BCUT2D eigenvalue weighted by molar-refractivity contribution is 0.901. The molecule has 314 valence electrons. The SMILES string of the molecule is C/C=C(\C)N(C)c1ccc(Nc2ccccc2-c2ccccc2)cc1.C/C=C\C=C/C.C=CCn1c2ccccc2c2ccccc21.CC.c1ccc2c(c1)[nH]c1ccccc12. The summed E-state index contributed by atoms with van der Waals surface area (Å²) in [6.45, 7) is 16.9. The zero-order valence-corrected chi connectivity index (χ0v) is 37.5. The molecule has 0 saturated heterocycles. The molecule has 4 heteroatoms. The van der Waals surface area contributed by atoms with Gasteiger partial charge in [-0.05, 0) is 87.9 Å². The van der Waals surface area contributed by atoms with Gasteiger partial charge in [0.2, 0.25) is 0 Å². The second-order valence-corrected chi connectivity index (χ2v) is 14.3. The molecule has 0 fully saturated rings. The fraction of sp³-hybridized carbons (Fsp3) is 0.138. The Labute approximate surface area is 369 Å². The molecule has 0 bridgehead atoms. The van der Waals surface area contributed by atoms with Crippen LogP contribution in [0.3, 0.4) is 0 Å². The van der Waals surface area contributed by atoms with Crippen molar-refractivity contribution in [1.82, 2.24) is 9.55 Å². The highest BCUT2D eigenvalue weighted by atomic mass is 15.1. The number of benzene rings is 7. The molecule has 0 radical (unpaired) electrons. The number of aromatic amines is 1. The molecule has 0 aliphatic heterocycles. The van der Waals surface area contributed by atoms with Crippen molar-refractivity contribution in [3.63, 3.8) is 0 Å². The number of allylic oxidation sites excluding steroid dienone is 7. The summed E-state index contributed by atoms with van der Waals surface area (Å²) in [5.74, 6) is 0. The quantitative estimate of drug-likeness (QED) is 0.118. The maximum atomic E-state index is 3.83. The summed E-state index contributed by atoms with van der Waals surface area (Å²) in [5.41, 5.74) is 12.0. The van der Waals surface area contributed by atoms with Gasteiger partial charge in [0.05, 0.1) is 0 Å². The highest BCUT2D eigenvalue weighted by Gasteiger charge is 2.08. The number of anilines is 3. The van der Waals surface area contributed by atoms with E-state index in [-0.39, 0.29) is 0 Å². The van der Waals surface area contributed by atoms with E-state index in [0.717, 1.165) is 17.9 Å². The van der Waals surface area contributed by atoms with E-state index in [1.807, 2.05) is 64.1 Å². The molecule has 0 amide bonds. The number of rotatable bonds is 8. The summed E-state index contributed by atoms with van der Waals surface area (Å²) in [5, 5.41) is 8.79. The summed E-state index contributed by atoms with van der Waals surface area (Å²) in [6, 6.07) is 61.2. The Morgan fingerprint density at radius 1 is 0.581 bits per heavy atom. The molecule has 0 aliphatic rings. The molecule has 0 spiro atoms. The molecule has 0 saturated carbocycles. The second kappa shape index (κ2) is 24.1. The minimum atomic E-state index is 0.855. The molecule has 0 aliphatic carbocycles. The Bertz CT molecular complexity index is 2720. The van der Waals surface area contributed by atoms with E-state index in [4.69, 9.17) is 0 Å². The third-order valence-electron chi connectivity index (χ3n) is 10.4. The van der Waals surface area contributed by atoms with Crippen LogP contribution in [0.25, 0.3) is 54.7 Å². The third kappa shape index (κ3) is 11.7. The smallest absolute Gasteiger partial charge is 0.0494 e. The maximum Gasteiger partial charge on any atom is 0.0494 e. The van der Waals surface area contributed by atoms with Crippen molar-refractivity contribution < 1.29 is 0 Å². The van der Waals surface area contributed by atoms with Crippen molar-refractivity contribution in [3.05, 3.63) is 225 Å². The van der Waals surface area contributed by atoms with Crippen LogP contribution in [-0.2, 0) is 6.54 Å². The van der Waals surface area contributed by atoms with E-state index in [1.54, 1.807) is 0 Å². The van der Waals surface area contributed by atoms with Gasteiger partial charge >= 0.3 is 0 Å². The molecule has 0 atom stereocenters. The van der Waals surface area contributed by atoms with Crippen LogP contribution in [0.15, 0.2) is 225 Å². The highest BCUT2D eigenvalue weighted by Crippen LogP contribution is 2.31. The van der Waals surface area contributed by atoms with Crippen LogP contribution in [0, 0.1) is 0 Å². The average molecular weight is 815 g/mol. The van der Waals surface area contributed by atoms with E-state index >= 15 is 0 Å². The van der Waals surface area contributed by atoms with Crippen LogP contribution in [0.4, 0.5) is 17.1 Å². The van der Waals surface area contributed by atoms with Crippen LogP contribution < -0.4 is 10.2 Å². The molecule has 4 nitrogen and oxygen atoms in total. The van der Waals surface area contributed by atoms with E-state index in [1.165, 1.54) is 66.1 Å². The highest BCUT2D eigenvalue weighted by molar-refractivity contribution is 6.08. The zero-order valence-electron chi connectivity index (χ0n) is 37.5. The van der Waals surface area contributed by atoms with Crippen LogP contribution in [0.1, 0.15) is 41.5 Å². The van der Waals surface area contributed by atoms with Gasteiger partial charge < -0.3 is 19.8 Å². The first-order valence-corrected chi connectivity index (χ1v) is 21.6. The standard InChI is InChI=1S/C23H24N2.C15H13N.C12H9N.C6H10.C2H6/c1-4-18(2)25(3)21-16-14-20(15-17-21)24-23-13-9-8-12-22(23)19-10-6-5-7-11-19;1-2-11-16-14-9-5-3-7-12(14)13-8-4-6-10-15(13)16;1-3-7-11-9(5-1)10-6-2-4-8-12(10)13-11;1-3-5-6-4-2;1-2/h4-17,24H,1-3H3;2-10H,1,11H2;1-8,13H;3-6H,1-2H3;1-2H3/b18-4+;;;5-3-,6-4-;. The minimum Gasteiger partial charge on any atom is -0.355 e. The molecule has 9 aromatic rings. The minimum absolute atomic E-state index is 0.855. The van der Waals surface area contributed by atoms with Gasteiger partial charge in [-0.2, -0.15) is 0 Å². The molecular weight excluding hydrogens is 753 g/mol. The molecule has 62 heavy (non-hydrogen) atoms.